The van der Waals surface area contributed by atoms with Crippen molar-refractivity contribution >= 4 is 18.1 Å². The molecule has 3 N–H and O–H groups in total. The van der Waals surface area contributed by atoms with Crippen LogP contribution in [-0.4, -0.2) is 120 Å². The number of hydrogen-bond acceptors (Lipinski definition) is 8. The van der Waals surface area contributed by atoms with Crippen LogP contribution in [0.2, 0.25) is 0 Å². The molecule has 2 fully saturated rings. The van der Waals surface area contributed by atoms with Crippen molar-refractivity contribution in [2.45, 2.75) is 83.7 Å². The summed E-state index contributed by atoms with van der Waals surface area (Å²) in [6.07, 6.45) is 8.32. The number of piperazine rings is 1. The Balaban J connectivity index is 1.71. The SMILES string of the molecule is C/C(=C\C=C\[C@@H](C)CNC(=O)N1CCCC1)[C@H]1OC(=O)C[C@H](O)CC[C@@](C)(O)[C@@H](OC(=O)N2CCN(C)CC2)/C=C\[C@@H]1C. The molecule has 3 amide bonds. The van der Waals surface area contributed by atoms with Gasteiger partial charge in [0.05, 0.1) is 12.5 Å². The quantitative estimate of drug-likeness (QED) is 0.240. The molecule has 43 heavy (non-hydrogen) atoms. The topological polar surface area (TPSA) is 132 Å². The van der Waals surface area contributed by atoms with E-state index in [2.05, 4.69) is 10.2 Å². The summed E-state index contributed by atoms with van der Waals surface area (Å²) >= 11 is 0. The predicted molar refractivity (Wildman–Crippen MR) is 164 cm³/mol. The van der Waals surface area contributed by atoms with Crippen LogP contribution < -0.4 is 5.32 Å². The van der Waals surface area contributed by atoms with Crippen LogP contribution in [0.3, 0.4) is 0 Å². The molecule has 3 rings (SSSR count). The van der Waals surface area contributed by atoms with Crippen LogP contribution in [0.15, 0.2) is 36.0 Å². The Bertz CT molecular complexity index is 1030. The average molecular weight is 605 g/mol. The normalized spacial score (nSPS) is 31.6. The summed E-state index contributed by atoms with van der Waals surface area (Å²) in [4.78, 5) is 43.6. The lowest BCUT2D eigenvalue weighted by Gasteiger charge is -2.36. The highest BCUT2D eigenvalue weighted by molar-refractivity contribution is 5.74. The number of rotatable bonds is 6. The number of esters is 1. The molecule has 0 saturated carbocycles. The van der Waals surface area contributed by atoms with E-state index in [9.17, 15) is 24.6 Å². The summed E-state index contributed by atoms with van der Waals surface area (Å²) in [6, 6.07) is -0.0288. The number of nitrogens with one attached hydrogen (secondary N) is 1. The molecular formula is C32H52N4O7. The van der Waals surface area contributed by atoms with E-state index in [1.807, 2.05) is 57.0 Å². The van der Waals surface area contributed by atoms with Crippen molar-refractivity contribution in [3.05, 3.63) is 36.0 Å². The zero-order valence-electron chi connectivity index (χ0n) is 26.5. The van der Waals surface area contributed by atoms with Crippen LogP contribution >= 0.6 is 0 Å². The molecule has 3 aliphatic rings. The highest BCUT2D eigenvalue weighted by atomic mass is 16.6. The molecule has 11 heteroatoms. The van der Waals surface area contributed by atoms with E-state index in [0.29, 0.717) is 19.6 Å². The second-order valence-corrected chi connectivity index (χ2v) is 12.7. The number of carbonyl (C=O) groups excluding carboxylic acids is 3. The van der Waals surface area contributed by atoms with Gasteiger partial charge in [0.25, 0.3) is 0 Å². The molecule has 0 aromatic rings. The molecule has 3 aliphatic heterocycles. The first-order chi connectivity index (χ1) is 20.4. The minimum absolute atomic E-state index is 0.0288. The molecule has 0 unspecified atom stereocenters. The fourth-order valence-electron chi connectivity index (χ4n) is 5.46. The first kappa shape index (κ1) is 34.6. The maximum absolute atomic E-state index is 13.0. The highest BCUT2D eigenvalue weighted by Crippen LogP contribution is 2.27. The zero-order chi connectivity index (χ0) is 31.6. The van der Waals surface area contributed by atoms with E-state index in [-0.39, 0.29) is 37.1 Å². The van der Waals surface area contributed by atoms with E-state index < -0.39 is 36.0 Å². The number of hydrogen-bond donors (Lipinski definition) is 3. The third-order valence-electron chi connectivity index (χ3n) is 8.53. The van der Waals surface area contributed by atoms with Gasteiger partial charge < -0.3 is 39.7 Å². The van der Waals surface area contributed by atoms with E-state index in [1.54, 1.807) is 17.9 Å². The summed E-state index contributed by atoms with van der Waals surface area (Å²) in [7, 11) is 2.00. The molecule has 0 radical (unpaired) electrons. The summed E-state index contributed by atoms with van der Waals surface area (Å²) in [5.41, 5.74) is -0.661. The molecule has 0 bridgehead atoms. The Morgan fingerprint density at radius 3 is 2.51 bits per heavy atom. The molecule has 0 aromatic carbocycles. The predicted octanol–water partition coefficient (Wildman–Crippen LogP) is 3.08. The Hall–Kier alpha value is -2.89. The molecule has 6 atom stereocenters. The van der Waals surface area contributed by atoms with Gasteiger partial charge in [-0.1, -0.05) is 38.2 Å². The van der Waals surface area contributed by atoms with E-state index in [1.165, 1.54) is 0 Å². The lowest BCUT2D eigenvalue weighted by molar-refractivity contribution is -0.151. The van der Waals surface area contributed by atoms with Gasteiger partial charge in [0.15, 0.2) is 6.10 Å². The van der Waals surface area contributed by atoms with Gasteiger partial charge >= 0.3 is 18.1 Å². The van der Waals surface area contributed by atoms with Crippen LogP contribution in [0.25, 0.3) is 0 Å². The zero-order valence-corrected chi connectivity index (χ0v) is 26.5. The Morgan fingerprint density at radius 2 is 1.84 bits per heavy atom. The number of carbonyl (C=O) groups is 3. The summed E-state index contributed by atoms with van der Waals surface area (Å²) in [5, 5.41) is 24.8. The lowest BCUT2D eigenvalue weighted by Crippen LogP contribution is -2.50. The third-order valence-corrected chi connectivity index (χ3v) is 8.53. The number of nitrogens with zero attached hydrogens (tertiary/aromatic N) is 3. The van der Waals surface area contributed by atoms with Crippen molar-refractivity contribution in [2.24, 2.45) is 11.8 Å². The smallest absolute Gasteiger partial charge is 0.410 e. The number of urea groups is 1. The number of allylic oxidation sites excluding steroid dienone is 2. The third kappa shape index (κ3) is 11.0. The number of aliphatic hydroxyl groups excluding tert-OH is 1. The minimum atomic E-state index is -1.45. The molecular weight excluding hydrogens is 552 g/mol. The van der Waals surface area contributed by atoms with Gasteiger partial charge in [-0.3, -0.25) is 4.79 Å². The fraction of sp³-hybridized carbons (Fsp3) is 0.719. The second kappa shape index (κ2) is 16.3. The van der Waals surface area contributed by atoms with Gasteiger partial charge in [0.2, 0.25) is 0 Å². The first-order valence-electron chi connectivity index (χ1n) is 15.7. The summed E-state index contributed by atoms with van der Waals surface area (Å²) < 4.78 is 11.7. The molecule has 242 valence electrons. The van der Waals surface area contributed by atoms with Crippen molar-refractivity contribution in [1.82, 2.24) is 20.0 Å². The van der Waals surface area contributed by atoms with Gasteiger partial charge in [-0.05, 0) is 64.1 Å². The van der Waals surface area contributed by atoms with Crippen molar-refractivity contribution in [1.29, 1.82) is 0 Å². The molecule has 0 aliphatic carbocycles. The molecule has 11 nitrogen and oxygen atoms in total. The Kier molecular flexibility index (Phi) is 13.1. The average Bonchev–Trinajstić information content (AvgIpc) is 3.50. The Labute approximate surface area is 256 Å². The largest absolute Gasteiger partial charge is 0.457 e. The summed E-state index contributed by atoms with van der Waals surface area (Å²) in [6.45, 7) is 12.1. The number of ether oxygens (including phenoxy) is 2. The van der Waals surface area contributed by atoms with Gasteiger partial charge in [-0.15, -0.1) is 0 Å². The number of likely N-dealkylation sites (N-methyl/N-ethyl adjacent to an activating group) is 1. The number of aliphatic hydroxyl groups is 2. The van der Waals surface area contributed by atoms with Gasteiger partial charge in [-0.25, -0.2) is 9.59 Å². The first-order valence-corrected chi connectivity index (χ1v) is 15.7. The van der Waals surface area contributed by atoms with E-state index in [4.69, 9.17) is 9.47 Å². The van der Waals surface area contributed by atoms with Crippen LogP contribution in [0, 0.1) is 11.8 Å². The van der Waals surface area contributed by atoms with E-state index in [0.717, 1.165) is 44.6 Å². The van der Waals surface area contributed by atoms with Crippen molar-refractivity contribution in [2.75, 3.05) is 52.9 Å². The van der Waals surface area contributed by atoms with Gasteiger partial charge in [-0.2, -0.15) is 0 Å². The second-order valence-electron chi connectivity index (χ2n) is 12.7. The fourth-order valence-corrected chi connectivity index (χ4v) is 5.46. The molecule has 0 spiro atoms. The maximum atomic E-state index is 13.0. The maximum Gasteiger partial charge on any atom is 0.410 e. The van der Waals surface area contributed by atoms with Crippen molar-refractivity contribution < 1.29 is 34.1 Å². The lowest BCUT2D eigenvalue weighted by atomic mass is 9.89. The van der Waals surface area contributed by atoms with Crippen molar-refractivity contribution in [3.8, 4) is 0 Å². The van der Waals surface area contributed by atoms with Crippen LogP contribution in [0.5, 0.6) is 0 Å². The van der Waals surface area contributed by atoms with Crippen LogP contribution in [0.4, 0.5) is 9.59 Å². The van der Waals surface area contributed by atoms with E-state index >= 15 is 0 Å². The number of likely N-dealkylation sites (tertiary alicyclic amines) is 1. The standard InChI is InChI=1S/C32H52N4O7/c1-23(22-33-30(39)35-15-6-7-16-35)9-8-10-24(2)29-25(3)11-12-27(42-31(40)36-19-17-34(5)18-20-36)32(4,41)14-13-26(37)21-28(38)43-29/h8-12,23,25-27,29,37,41H,6-7,13-22H2,1-5H3,(H,33,39)/b9-8+,12-11-,24-10+/t23-,25+,26-,27+,29-,32-/m1/s1. The molecule has 0 aromatic heterocycles. The summed E-state index contributed by atoms with van der Waals surface area (Å²) in [5.74, 6) is -0.742. The molecule has 3 heterocycles. The van der Waals surface area contributed by atoms with Crippen molar-refractivity contribution in [3.63, 3.8) is 0 Å². The molecule has 2 saturated heterocycles. The van der Waals surface area contributed by atoms with Gasteiger partial charge in [0.1, 0.15) is 11.7 Å². The van der Waals surface area contributed by atoms with Crippen LogP contribution in [-0.2, 0) is 14.3 Å². The number of cyclic esters (lactones) is 1. The monoisotopic (exact) mass is 604 g/mol. The van der Waals surface area contributed by atoms with Crippen LogP contribution in [0.1, 0.15) is 59.8 Å². The minimum Gasteiger partial charge on any atom is -0.457 e. The van der Waals surface area contributed by atoms with Gasteiger partial charge in [0, 0.05) is 51.7 Å². The Morgan fingerprint density at radius 1 is 1.16 bits per heavy atom. The number of amides is 3. The highest BCUT2D eigenvalue weighted by Gasteiger charge is 2.36.